The SMILES string of the molecule is CN1CCC(n2cnc3cc(Nc4ncc5c(=O)n6n(c5n4)-c4ccc5c(c4)N(CCC/C=C\C6)C(=O)CO5)ccc32)CC1. The Bertz CT molecular complexity index is 2000. The molecule has 2 bridgehead atoms. The third-order valence-electron chi connectivity index (χ3n) is 8.92. The molecule has 6 heterocycles. The number of ether oxygens (including phenoxy) is 1. The number of hydrogen-bond donors (Lipinski definition) is 1. The summed E-state index contributed by atoms with van der Waals surface area (Å²) in [6.07, 6.45) is 11.4. The molecular formula is C32H33N9O3. The zero-order valence-electron chi connectivity index (χ0n) is 24.5. The Morgan fingerprint density at radius 3 is 2.77 bits per heavy atom. The molecule has 2 aromatic carbocycles. The van der Waals surface area contributed by atoms with E-state index in [0.29, 0.717) is 53.2 Å². The Labute approximate surface area is 253 Å². The predicted molar refractivity (Wildman–Crippen MR) is 168 cm³/mol. The standard InChI is InChI=1S/C32H33N9O3/c1-37-14-10-22(11-15-37)39-20-34-25-16-21(6-8-26(25)39)35-32-33-18-24-30(36-32)41-23-7-9-28-27(17-23)38(29(42)19-44-28)12-4-2-3-5-13-40(41)31(24)43/h3,5-9,16-18,20,22H,2,4,10-15,19H2,1H3,(H,33,35,36)/b5-3-. The van der Waals surface area contributed by atoms with Crippen LogP contribution in [0.2, 0.25) is 0 Å². The van der Waals surface area contributed by atoms with Crippen LogP contribution >= 0.6 is 0 Å². The Hall–Kier alpha value is -4.97. The van der Waals surface area contributed by atoms with Gasteiger partial charge in [-0.05, 0) is 82.2 Å². The number of imidazole rings is 1. The fraction of sp³-hybridized carbons (Fsp3) is 0.344. The summed E-state index contributed by atoms with van der Waals surface area (Å²) in [5.74, 6) is 0.941. The summed E-state index contributed by atoms with van der Waals surface area (Å²) in [5, 5.41) is 3.74. The van der Waals surface area contributed by atoms with Crippen molar-refractivity contribution in [3.8, 4) is 11.4 Å². The minimum Gasteiger partial charge on any atom is -0.482 e. The number of rotatable bonds is 3. The van der Waals surface area contributed by atoms with Crippen LogP contribution in [0.5, 0.6) is 5.75 Å². The van der Waals surface area contributed by atoms with Crippen LogP contribution in [0.1, 0.15) is 31.7 Å². The van der Waals surface area contributed by atoms with Gasteiger partial charge < -0.3 is 24.4 Å². The van der Waals surface area contributed by atoms with Crippen molar-refractivity contribution in [1.82, 2.24) is 33.8 Å². The third-order valence-corrected chi connectivity index (χ3v) is 8.92. The molecule has 44 heavy (non-hydrogen) atoms. The maximum atomic E-state index is 13.6. The van der Waals surface area contributed by atoms with Crippen molar-refractivity contribution in [1.29, 1.82) is 0 Å². The van der Waals surface area contributed by atoms with Gasteiger partial charge >= 0.3 is 0 Å². The number of carbonyl (C=O) groups is 1. The number of nitrogens with zero attached hydrogens (tertiary/aromatic N) is 8. The lowest BCUT2D eigenvalue weighted by Crippen LogP contribution is -2.39. The van der Waals surface area contributed by atoms with Gasteiger partial charge in [-0.15, -0.1) is 0 Å². The molecule has 5 aromatic rings. The van der Waals surface area contributed by atoms with Crippen molar-refractivity contribution in [2.75, 3.05) is 43.5 Å². The summed E-state index contributed by atoms with van der Waals surface area (Å²) in [7, 11) is 2.17. The first kappa shape index (κ1) is 26.6. The van der Waals surface area contributed by atoms with E-state index in [-0.39, 0.29) is 18.1 Å². The summed E-state index contributed by atoms with van der Waals surface area (Å²) >= 11 is 0. The maximum Gasteiger partial charge on any atom is 0.278 e. The van der Waals surface area contributed by atoms with Crippen molar-refractivity contribution >= 4 is 45.3 Å². The number of benzene rings is 2. The first-order valence-electron chi connectivity index (χ1n) is 15.2. The fourth-order valence-electron chi connectivity index (χ4n) is 6.55. The first-order chi connectivity index (χ1) is 21.5. The van der Waals surface area contributed by atoms with Crippen molar-refractivity contribution in [2.45, 2.75) is 38.3 Å². The highest BCUT2D eigenvalue weighted by atomic mass is 16.5. The fourth-order valence-corrected chi connectivity index (χ4v) is 6.55. The van der Waals surface area contributed by atoms with Gasteiger partial charge in [-0.25, -0.2) is 19.3 Å². The number of likely N-dealkylation sites (tertiary alicyclic amines) is 1. The van der Waals surface area contributed by atoms with E-state index in [4.69, 9.17) is 14.7 Å². The Morgan fingerprint density at radius 1 is 1.00 bits per heavy atom. The average Bonchev–Trinajstić information content (AvgIpc) is 3.57. The van der Waals surface area contributed by atoms with Crippen molar-refractivity contribution in [3.05, 3.63) is 71.4 Å². The number of piperidine rings is 1. The van der Waals surface area contributed by atoms with E-state index < -0.39 is 0 Å². The molecule has 224 valence electrons. The second-order valence-corrected chi connectivity index (χ2v) is 11.7. The highest BCUT2D eigenvalue weighted by Crippen LogP contribution is 2.35. The van der Waals surface area contributed by atoms with Gasteiger partial charge in [0.2, 0.25) is 5.95 Å². The molecule has 3 aliphatic heterocycles. The van der Waals surface area contributed by atoms with Gasteiger partial charge in [-0.2, -0.15) is 4.98 Å². The van der Waals surface area contributed by atoms with E-state index in [1.165, 1.54) is 0 Å². The zero-order valence-corrected chi connectivity index (χ0v) is 24.5. The average molecular weight is 592 g/mol. The third kappa shape index (κ3) is 4.53. The number of allylic oxidation sites excluding steroid dienone is 2. The van der Waals surface area contributed by atoms with Gasteiger partial charge in [0.05, 0.1) is 35.3 Å². The zero-order chi connectivity index (χ0) is 29.8. The van der Waals surface area contributed by atoms with Gasteiger partial charge in [0, 0.05) is 24.5 Å². The summed E-state index contributed by atoms with van der Waals surface area (Å²) in [6.45, 7) is 3.17. The van der Waals surface area contributed by atoms with Crippen LogP contribution in [0.15, 0.2) is 65.9 Å². The van der Waals surface area contributed by atoms with Gasteiger partial charge in [0.1, 0.15) is 11.1 Å². The minimum atomic E-state index is -0.184. The van der Waals surface area contributed by atoms with E-state index in [0.717, 1.165) is 55.5 Å². The van der Waals surface area contributed by atoms with E-state index >= 15 is 0 Å². The molecule has 1 fully saturated rings. The van der Waals surface area contributed by atoms with Crippen LogP contribution in [0.25, 0.3) is 27.8 Å². The molecular weight excluding hydrogens is 558 g/mol. The summed E-state index contributed by atoms with van der Waals surface area (Å²) in [6, 6.07) is 12.2. The van der Waals surface area contributed by atoms with Gasteiger partial charge in [-0.1, -0.05) is 12.2 Å². The molecule has 12 nitrogen and oxygen atoms in total. The van der Waals surface area contributed by atoms with Crippen molar-refractivity contribution in [3.63, 3.8) is 0 Å². The lowest BCUT2D eigenvalue weighted by Gasteiger charge is -2.30. The molecule has 12 heteroatoms. The summed E-state index contributed by atoms with van der Waals surface area (Å²) in [5.41, 5.74) is 4.52. The van der Waals surface area contributed by atoms with Gasteiger partial charge in [0.25, 0.3) is 11.5 Å². The number of aromatic nitrogens is 6. The van der Waals surface area contributed by atoms with E-state index in [1.807, 2.05) is 42.7 Å². The molecule has 3 aliphatic rings. The highest BCUT2D eigenvalue weighted by Gasteiger charge is 2.27. The van der Waals surface area contributed by atoms with E-state index in [2.05, 4.69) is 39.0 Å². The van der Waals surface area contributed by atoms with Crippen LogP contribution in [0.4, 0.5) is 17.3 Å². The molecule has 0 unspecified atom stereocenters. The molecule has 0 aliphatic carbocycles. The Kier molecular flexibility index (Phi) is 6.44. The first-order valence-corrected chi connectivity index (χ1v) is 15.2. The van der Waals surface area contributed by atoms with Crippen LogP contribution in [-0.4, -0.2) is 73.0 Å². The number of fused-ring (bicyclic) bond motifs is 6. The second-order valence-electron chi connectivity index (χ2n) is 11.7. The molecule has 1 saturated heterocycles. The monoisotopic (exact) mass is 591 g/mol. The Morgan fingerprint density at radius 2 is 1.89 bits per heavy atom. The van der Waals surface area contributed by atoms with Crippen LogP contribution < -0.4 is 20.5 Å². The number of amides is 1. The molecule has 1 N–H and O–H groups in total. The molecule has 8 rings (SSSR count). The van der Waals surface area contributed by atoms with Crippen LogP contribution in [-0.2, 0) is 11.3 Å². The topological polar surface area (TPSA) is 115 Å². The molecule has 0 radical (unpaired) electrons. The minimum absolute atomic E-state index is 0.0197. The molecule has 0 saturated carbocycles. The lowest BCUT2D eigenvalue weighted by atomic mass is 10.1. The van der Waals surface area contributed by atoms with Crippen molar-refractivity contribution < 1.29 is 9.53 Å². The smallest absolute Gasteiger partial charge is 0.278 e. The van der Waals surface area contributed by atoms with Crippen LogP contribution in [0, 0.1) is 0 Å². The van der Waals surface area contributed by atoms with Gasteiger partial charge in [-0.3, -0.25) is 9.59 Å². The molecule has 1 amide bonds. The molecule has 0 spiro atoms. The quantitative estimate of drug-likeness (QED) is 0.313. The van der Waals surface area contributed by atoms with Crippen LogP contribution in [0.3, 0.4) is 0 Å². The molecule has 3 aromatic heterocycles. The summed E-state index contributed by atoms with van der Waals surface area (Å²) in [4.78, 5) is 44.6. The predicted octanol–water partition coefficient (Wildman–Crippen LogP) is 4.02. The number of anilines is 3. The number of carbonyl (C=O) groups excluding carboxylic acids is 1. The summed E-state index contributed by atoms with van der Waals surface area (Å²) < 4.78 is 11.5. The van der Waals surface area contributed by atoms with Crippen molar-refractivity contribution in [2.24, 2.45) is 0 Å². The lowest BCUT2D eigenvalue weighted by molar-refractivity contribution is -0.121. The van der Waals surface area contributed by atoms with E-state index in [1.54, 1.807) is 20.5 Å². The normalized spacial score (nSPS) is 18.5. The maximum absolute atomic E-state index is 13.6. The number of hydrogen-bond acceptors (Lipinski definition) is 8. The van der Waals surface area contributed by atoms with Gasteiger partial charge in [0.15, 0.2) is 12.3 Å². The Balaban J connectivity index is 1.18. The second kappa shape index (κ2) is 10.6. The number of nitrogens with one attached hydrogen (secondary N) is 1. The largest absolute Gasteiger partial charge is 0.482 e. The highest BCUT2D eigenvalue weighted by molar-refractivity contribution is 5.98. The molecule has 0 atom stereocenters. The van der Waals surface area contributed by atoms with E-state index in [9.17, 15) is 9.59 Å².